The van der Waals surface area contributed by atoms with E-state index in [0.29, 0.717) is 42.2 Å². The number of hydrogen-bond acceptors (Lipinski definition) is 4. The van der Waals surface area contributed by atoms with Crippen LogP contribution in [0.4, 0.5) is 5.69 Å². The van der Waals surface area contributed by atoms with Crippen molar-refractivity contribution in [1.29, 1.82) is 0 Å². The Hall–Kier alpha value is -1.57. The number of ether oxygens (including phenoxy) is 1. The van der Waals surface area contributed by atoms with Gasteiger partial charge in [-0.05, 0) is 72.1 Å². The van der Waals surface area contributed by atoms with Gasteiger partial charge < -0.3 is 9.64 Å². The molecule has 0 saturated carbocycles. The van der Waals surface area contributed by atoms with E-state index in [4.69, 9.17) is 4.74 Å². The molecular weight excluding hydrogens is 428 g/mol. The van der Waals surface area contributed by atoms with Crippen LogP contribution in [0.5, 0.6) is 5.75 Å². The molecule has 7 heteroatoms. The van der Waals surface area contributed by atoms with E-state index < -0.39 is 10.0 Å². The molecule has 0 bridgehead atoms. The molecule has 0 unspecified atom stereocenters. The predicted octanol–water partition coefficient (Wildman–Crippen LogP) is 3.98. The summed E-state index contributed by atoms with van der Waals surface area (Å²) in [4.78, 5) is 2.53. The Morgan fingerprint density at radius 2 is 1.67 bits per heavy atom. The van der Waals surface area contributed by atoms with E-state index in [1.54, 1.807) is 10.4 Å². The Kier molecular flexibility index (Phi) is 6.13. The molecule has 1 fully saturated rings. The lowest BCUT2D eigenvalue weighted by Gasteiger charge is -2.36. The van der Waals surface area contributed by atoms with Gasteiger partial charge in [-0.25, -0.2) is 8.42 Å². The number of anilines is 1. The minimum absolute atomic E-state index is 0.341. The standard InChI is InChI=1S/C20H25BrN2O3S/c1-4-26-19-8-6-5-7-18(19)22-9-11-23(12-10-22)27(24,25)20-14-16(3)15(2)13-17(20)21/h5-8,13-14H,4,9-12H2,1-3H3. The fourth-order valence-electron chi connectivity index (χ4n) is 3.26. The van der Waals surface area contributed by atoms with Crippen LogP contribution in [0.3, 0.4) is 0 Å². The van der Waals surface area contributed by atoms with Crippen LogP contribution in [-0.2, 0) is 10.0 Å². The molecule has 2 aromatic carbocycles. The summed E-state index contributed by atoms with van der Waals surface area (Å²) in [7, 11) is -3.53. The Labute approximate surface area is 170 Å². The highest BCUT2D eigenvalue weighted by atomic mass is 79.9. The fraction of sp³-hybridized carbons (Fsp3) is 0.400. The molecule has 3 rings (SSSR count). The van der Waals surface area contributed by atoms with E-state index in [9.17, 15) is 8.42 Å². The largest absolute Gasteiger partial charge is 0.492 e. The second-order valence-electron chi connectivity index (χ2n) is 6.66. The minimum Gasteiger partial charge on any atom is -0.492 e. The second-order valence-corrected chi connectivity index (χ2v) is 9.42. The van der Waals surface area contributed by atoms with Gasteiger partial charge in [-0.1, -0.05) is 12.1 Å². The second kappa shape index (κ2) is 8.20. The van der Waals surface area contributed by atoms with Gasteiger partial charge in [0.1, 0.15) is 5.75 Å². The normalized spacial score (nSPS) is 15.8. The molecule has 1 aliphatic heterocycles. The molecule has 0 spiro atoms. The van der Waals surface area contributed by atoms with Crippen LogP contribution in [0.25, 0.3) is 0 Å². The van der Waals surface area contributed by atoms with Crippen LogP contribution in [0, 0.1) is 13.8 Å². The SMILES string of the molecule is CCOc1ccccc1N1CCN(S(=O)(=O)c2cc(C)c(C)cc2Br)CC1. The maximum absolute atomic E-state index is 13.1. The van der Waals surface area contributed by atoms with E-state index in [-0.39, 0.29) is 0 Å². The first kappa shape index (κ1) is 20.2. The molecular formula is C20H25BrN2O3S. The molecule has 0 N–H and O–H groups in total. The van der Waals surface area contributed by atoms with Crippen molar-refractivity contribution < 1.29 is 13.2 Å². The lowest BCUT2D eigenvalue weighted by molar-refractivity contribution is 0.337. The van der Waals surface area contributed by atoms with E-state index in [1.807, 2.05) is 51.1 Å². The average Bonchev–Trinajstić information content (AvgIpc) is 2.65. The van der Waals surface area contributed by atoms with Crippen molar-refractivity contribution in [3.05, 3.63) is 52.0 Å². The van der Waals surface area contributed by atoms with Crippen molar-refractivity contribution in [1.82, 2.24) is 4.31 Å². The van der Waals surface area contributed by atoms with E-state index in [2.05, 4.69) is 20.8 Å². The summed E-state index contributed by atoms with van der Waals surface area (Å²) in [6.45, 7) is 8.63. The van der Waals surface area contributed by atoms with Crippen LogP contribution in [0.2, 0.25) is 0 Å². The van der Waals surface area contributed by atoms with Crippen molar-refractivity contribution in [2.45, 2.75) is 25.7 Å². The first-order valence-electron chi connectivity index (χ1n) is 9.08. The smallest absolute Gasteiger partial charge is 0.244 e. The third kappa shape index (κ3) is 4.15. The maximum Gasteiger partial charge on any atom is 0.244 e. The Morgan fingerprint density at radius 3 is 2.33 bits per heavy atom. The molecule has 1 aliphatic rings. The van der Waals surface area contributed by atoms with Crippen molar-refractivity contribution in [2.24, 2.45) is 0 Å². The third-order valence-corrected chi connectivity index (χ3v) is 7.77. The summed E-state index contributed by atoms with van der Waals surface area (Å²) in [6.07, 6.45) is 0. The molecule has 1 saturated heterocycles. The van der Waals surface area contributed by atoms with Crippen LogP contribution in [-0.4, -0.2) is 45.5 Å². The number of para-hydroxylation sites is 2. The van der Waals surface area contributed by atoms with Gasteiger partial charge in [0.25, 0.3) is 0 Å². The highest BCUT2D eigenvalue weighted by Crippen LogP contribution is 2.31. The maximum atomic E-state index is 13.1. The molecule has 5 nitrogen and oxygen atoms in total. The van der Waals surface area contributed by atoms with Crippen LogP contribution >= 0.6 is 15.9 Å². The molecule has 27 heavy (non-hydrogen) atoms. The highest BCUT2D eigenvalue weighted by Gasteiger charge is 2.31. The van der Waals surface area contributed by atoms with Gasteiger partial charge in [-0.3, -0.25) is 0 Å². The summed E-state index contributed by atoms with van der Waals surface area (Å²) in [5, 5.41) is 0. The third-order valence-electron chi connectivity index (χ3n) is 4.91. The fourth-order valence-corrected chi connectivity index (χ4v) is 5.88. The summed E-state index contributed by atoms with van der Waals surface area (Å²) in [5.74, 6) is 0.841. The van der Waals surface area contributed by atoms with Crippen molar-refractivity contribution >= 4 is 31.6 Å². The van der Waals surface area contributed by atoms with Crippen LogP contribution in [0.1, 0.15) is 18.1 Å². The van der Waals surface area contributed by atoms with Gasteiger partial charge in [0.2, 0.25) is 10.0 Å². The van der Waals surface area contributed by atoms with Gasteiger partial charge in [-0.15, -0.1) is 0 Å². The summed E-state index contributed by atoms with van der Waals surface area (Å²) >= 11 is 3.43. The summed E-state index contributed by atoms with van der Waals surface area (Å²) < 4.78 is 34.2. The zero-order chi connectivity index (χ0) is 19.6. The van der Waals surface area contributed by atoms with E-state index in [0.717, 1.165) is 22.6 Å². The molecule has 0 atom stereocenters. The van der Waals surface area contributed by atoms with Gasteiger partial charge in [0.05, 0.1) is 17.2 Å². The lowest BCUT2D eigenvalue weighted by atomic mass is 10.1. The number of piperazine rings is 1. The Balaban J connectivity index is 1.79. The summed E-state index contributed by atoms with van der Waals surface area (Å²) in [5.41, 5.74) is 3.06. The lowest BCUT2D eigenvalue weighted by Crippen LogP contribution is -2.48. The van der Waals surface area contributed by atoms with Crippen molar-refractivity contribution in [3.63, 3.8) is 0 Å². The average molecular weight is 453 g/mol. The quantitative estimate of drug-likeness (QED) is 0.688. The molecule has 2 aromatic rings. The number of halogens is 1. The zero-order valence-corrected chi connectivity index (χ0v) is 18.3. The number of benzene rings is 2. The number of aryl methyl sites for hydroxylation is 2. The van der Waals surface area contributed by atoms with Gasteiger partial charge in [0.15, 0.2) is 0 Å². The molecule has 0 aliphatic carbocycles. The first-order valence-corrected chi connectivity index (χ1v) is 11.3. The van der Waals surface area contributed by atoms with E-state index in [1.165, 1.54) is 0 Å². The highest BCUT2D eigenvalue weighted by molar-refractivity contribution is 9.10. The summed E-state index contributed by atoms with van der Waals surface area (Å²) in [6, 6.07) is 11.5. The monoisotopic (exact) mass is 452 g/mol. The Morgan fingerprint density at radius 1 is 1.04 bits per heavy atom. The van der Waals surface area contributed by atoms with Crippen molar-refractivity contribution in [3.8, 4) is 5.75 Å². The number of rotatable bonds is 5. The number of sulfonamides is 1. The molecule has 0 amide bonds. The van der Waals surface area contributed by atoms with Gasteiger partial charge in [-0.2, -0.15) is 4.31 Å². The minimum atomic E-state index is -3.53. The van der Waals surface area contributed by atoms with Gasteiger partial charge >= 0.3 is 0 Å². The molecule has 0 aromatic heterocycles. The number of nitrogens with zero attached hydrogens (tertiary/aromatic N) is 2. The van der Waals surface area contributed by atoms with Crippen molar-refractivity contribution in [2.75, 3.05) is 37.7 Å². The predicted molar refractivity (Wildman–Crippen MR) is 112 cm³/mol. The number of hydrogen-bond donors (Lipinski definition) is 0. The van der Waals surface area contributed by atoms with E-state index >= 15 is 0 Å². The molecule has 1 heterocycles. The van der Waals surface area contributed by atoms with Gasteiger partial charge in [0, 0.05) is 30.7 Å². The molecule has 0 radical (unpaired) electrons. The van der Waals surface area contributed by atoms with Crippen LogP contribution in [0.15, 0.2) is 45.8 Å². The topological polar surface area (TPSA) is 49.9 Å². The zero-order valence-electron chi connectivity index (χ0n) is 15.9. The first-order chi connectivity index (χ1) is 12.8. The molecule has 146 valence electrons. The Bertz CT molecular complexity index is 923. The van der Waals surface area contributed by atoms with Crippen LogP contribution < -0.4 is 9.64 Å².